The highest BCUT2D eigenvalue weighted by atomic mass is 127. The molecule has 0 fully saturated rings. The van der Waals surface area contributed by atoms with Crippen LogP contribution in [0.3, 0.4) is 0 Å². The Kier molecular flexibility index (Phi) is 4.44. The number of carboxylic acids is 1. The second-order valence-electron chi connectivity index (χ2n) is 4.22. The van der Waals surface area contributed by atoms with E-state index in [1.807, 2.05) is 12.1 Å². The summed E-state index contributed by atoms with van der Waals surface area (Å²) >= 11 is 2.14. The van der Waals surface area contributed by atoms with E-state index < -0.39 is 15.8 Å². The van der Waals surface area contributed by atoms with Crippen LogP contribution < -0.4 is 0 Å². The van der Waals surface area contributed by atoms with E-state index >= 15 is 0 Å². The minimum absolute atomic E-state index is 0.0240. The first-order chi connectivity index (χ1) is 9.38. The molecule has 0 aliphatic rings. The molecular formula is C14H11IO4S. The largest absolute Gasteiger partial charge is 0.478 e. The summed E-state index contributed by atoms with van der Waals surface area (Å²) in [7, 11) is -3.55. The number of sulfone groups is 1. The van der Waals surface area contributed by atoms with Crippen LogP contribution in [0.5, 0.6) is 0 Å². The highest BCUT2D eigenvalue weighted by Gasteiger charge is 2.17. The Morgan fingerprint density at radius 2 is 1.75 bits per heavy atom. The van der Waals surface area contributed by atoms with Crippen LogP contribution in [-0.4, -0.2) is 19.5 Å². The molecule has 0 radical (unpaired) electrons. The zero-order chi connectivity index (χ0) is 14.8. The van der Waals surface area contributed by atoms with Crippen LogP contribution in [0.4, 0.5) is 0 Å². The molecule has 2 rings (SSSR count). The summed E-state index contributed by atoms with van der Waals surface area (Å²) in [5.41, 5.74) is 0.639. The topological polar surface area (TPSA) is 71.4 Å². The van der Waals surface area contributed by atoms with Crippen LogP contribution >= 0.6 is 22.6 Å². The Morgan fingerprint density at radius 1 is 1.10 bits per heavy atom. The van der Waals surface area contributed by atoms with Gasteiger partial charge in [-0.25, -0.2) is 13.2 Å². The first-order valence-electron chi connectivity index (χ1n) is 5.69. The van der Waals surface area contributed by atoms with Gasteiger partial charge in [0.05, 0.1) is 16.2 Å². The number of benzene rings is 2. The van der Waals surface area contributed by atoms with Crippen LogP contribution in [0.25, 0.3) is 0 Å². The van der Waals surface area contributed by atoms with Gasteiger partial charge >= 0.3 is 5.97 Å². The van der Waals surface area contributed by atoms with Crippen molar-refractivity contribution in [2.45, 2.75) is 10.6 Å². The molecule has 0 heterocycles. The molecule has 0 bridgehead atoms. The van der Waals surface area contributed by atoms with Gasteiger partial charge in [0.25, 0.3) is 0 Å². The van der Waals surface area contributed by atoms with Crippen molar-refractivity contribution in [2.75, 3.05) is 0 Å². The number of aromatic carboxylic acids is 1. The van der Waals surface area contributed by atoms with Crippen LogP contribution in [0.2, 0.25) is 0 Å². The highest BCUT2D eigenvalue weighted by molar-refractivity contribution is 14.1. The minimum atomic E-state index is -3.55. The van der Waals surface area contributed by atoms with Crippen LogP contribution in [0.15, 0.2) is 53.4 Å². The van der Waals surface area contributed by atoms with E-state index in [1.165, 1.54) is 24.3 Å². The number of carboxylic acid groups (broad SMARTS) is 1. The molecule has 0 aromatic heterocycles. The highest BCUT2D eigenvalue weighted by Crippen LogP contribution is 2.18. The number of hydrogen-bond acceptors (Lipinski definition) is 3. The standard InChI is InChI=1S/C14H11IO4S/c15-12-6-4-10(5-7-12)9-20(18,19)13-3-1-2-11(8-13)14(16)17/h1-8H,9H2,(H,16,17). The number of hydrogen-bond donors (Lipinski definition) is 1. The van der Waals surface area contributed by atoms with E-state index in [-0.39, 0.29) is 16.2 Å². The number of rotatable bonds is 4. The summed E-state index contributed by atoms with van der Waals surface area (Å²) in [6.07, 6.45) is 0. The van der Waals surface area contributed by atoms with Gasteiger partial charge in [-0.3, -0.25) is 0 Å². The molecule has 6 heteroatoms. The summed E-state index contributed by atoms with van der Waals surface area (Å²) < 4.78 is 25.6. The van der Waals surface area contributed by atoms with Crippen molar-refractivity contribution < 1.29 is 18.3 Å². The maximum absolute atomic E-state index is 12.3. The molecule has 104 valence electrons. The van der Waals surface area contributed by atoms with Gasteiger partial charge < -0.3 is 5.11 Å². The van der Waals surface area contributed by atoms with Crippen LogP contribution in [-0.2, 0) is 15.6 Å². The van der Waals surface area contributed by atoms with Crippen molar-refractivity contribution >= 4 is 38.4 Å². The zero-order valence-electron chi connectivity index (χ0n) is 10.3. The molecule has 0 atom stereocenters. The van der Waals surface area contributed by atoms with Gasteiger partial charge in [0.15, 0.2) is 9.84 Å². The van der Waals surface area contributed by atoms with Crippen LogP contribution in [0.1, 0.15) is 15.9 Å². The Labute approximate surface area is 130 Å². The Hall–Kier alpha value is -1.41. The van der Waals surface area contributed by atoms with Gasteiger partial charge in [0.2, 0.25) is 0 Å². The van der Waals surface area contributed by atoms with Gasteiger partial charge in [0, 0.05) is 3.57 Å². The molecule has 2 aromatic rings. The van der Waals surface area contributed by atoms with Crippen molar-refractivity contribution in [3.63, 3.8) is 0 Å². The summed E-state index contributed by atoms with van der Waals surface area (Å²) in [6.45, 7) is 0. The van der Waals surface area contributed by atoms with Gasteiger partial charge in [-0.05, 0) is 58.5 Å². The van der Waals surface area contributed by atoms with E-state index in [0.29, 0.717) is 5.56 Å². The Morgan fingerprint density at radius 3 is 2.35 bits per heavy atom. The normalized spacial score (nSPS) is 11.2. The number of halogens is 1. The molecule has 0 saturated carbocycles. The van der Waals surface area contributed by atoms with Crippen molar-refractivity contribution in [1.29, 1.82) is 0 Å². The average molecular weight is 402 g/mol. The predicted octanol–water partition coefficient (Wildman–Crippen LogP) is 2.96. The Bertz CT molecular complexity index is 736. The SMILES string of the molecule is O=C(O)c1cccc(S(=O)(=O)Cc2ccc(I)cc2)c1. The van der Waals surface area contributed by atoms with E-state index in [1.54, 1.807) is 12.1 Å². The molecular weight excluding hydrogens is 391 g/mol. The average Bonchev–Trinajstić information content (AvgIpc) is 2.41. The third kappa shape index (κ3) is 3.57. The molecule has 0 spiro atoms. The predicted molar refractivity (Wildman–Crippen MR) is 83.5 cm³/mol. The van der Waals surface area contributed by atoms with E-state index in [9.17, 15) is 13.2 Å². The molecule has 20 heavy (non-hydrogen) atoms. The molecule has 4 nitrogen and oxygen atoms in total. The fourth-order valence-electron chi connectivity index (χ4n) is 1.71. The fourth-order valence-corrected chi connectivity index (χ4v) is 3.46. The molecule has 2 aromatic carbocycles. The minimum Gasteiger partial charge on any atom is -0.478 e. The van der Waals surface area contributed by atoms with E-state index in [0.717, 1.165) is 3.57 Å². The molecule has 0 saturated heterocycles. The molecule has 0 unspecified atom stereocenters. The van der Waals surface area contributed by atoms with Crippen molar-refractivity contribution in [3.05, 3.63) is 63.2 Å². The molecule has 0 aliphatic carbocycles. The maximum Gasteiger partial charge on any atom is 0.335 e. The third-order valence-corrected chi connectivity index (χ3v) is 5.11. The number of carbonyl (C=O) groups is 1. The second-order valence-corrected chi connectivity index (χ2v) is 7.45. The lowest BCUT2D eigenvalue weighted by atomic mass is 10.2. The van der Waals surface area contributed by atoms with Crippen molar-refractivity contribution in [1.82, 2.24) is 0 Å². The third-order valence-electron chi connectivity index (χ3n) is 2.71. The summed E-state index contributed by atoms with van der Waals surface area (Å²) in [5.74, 6) is -1.29. The smallest absolute Gasteiger partial charge is 0.335 e. The van der Waals surface area contributed by atoms with Gasteiger partial charge in [-0.2, -0.15) is 0 Å². The van der Waals surface area contributed by atoms with Gasteiger partial charge in [-0.15, -0.1) is 0 Å². The summed E-state index contributed by atoms with van der Waals surface area (Å²) in [6, 6.07) is 12.6. The van der Waals surface area contributed by atoms with Crippen molar-refractivity contribution in [2.24, 2.45) is 0 Å². The molecule has 0 aliphatic heterocycles. The van der Waals surface area contributed by atoms with E-state index in [2.05, 4.69) is 22.6 Å². The lowest BCUT2D eigenvalue weighted by Gasteiger charge is -2.06. The maximum atomic E-state index is 12.3. The quantitative estimate of drug-likeness (QED) is 0.799. The Balaban J connectivity index is 2.33. The van der Waals surface area contributed by atoms with Gasteiger partial charge in [0.1, 0.15) is 0 Å². The molecule has 0 amide bonds. The van der Waals surface area contributed by atoms with Crippen molar-refractivity contribution in [3.8, 4) is 0 Å². The van der Waals surface area contributed by atoms with E-state index in [4.69, 9.17) is 5.11 Å². The lowest BCUT2D eigenvalue weighted by molar-refractivity contribution is 0.0696. The second kappa shape index (κ2) is 5.92. The molecule has 1 N–H and O–H groups in total. The first kappa shape index (κ1) is 15.0. The van der Waals surface area contributed by atoms with Gasteiger partial charge in [-0.1, -0.05) is 18.2 Å². The lowest BCUT2D eigenvalue weighted by Crippen LogP contribution is -2.06. The monoisotopic (exact) mass is 402 g/mol. The zero-order valence-corrected chi connectivity index (χ0v) is 13.3. The summed E-state index contributed by atoms with van der Waals surface area (Å²) in [4.78, 5) is 10.9. The summed E-state index contributed by atoms with van der Waals surface area (Å²) in [5, 5.41) is 8.90. The fraction of sp³-hybridized carbons (Fsp3) is 0.0714. The van der Waals surface area contributed by atoms with Crippen LogP contribution in [0, 0.1) is 3.57 Å². The first-order valence-corrected chi connectivity index (χ1v) is 8.42.